The van der Waals surface area contributed by atoms with Crippen molar-refractivity contribution in [2.75, 3.05) is 7.11 Å². The standard InChI is InChI=1S/C24H20Cl3F3N2O2/c1-33-20-7-3-4-17(25)22(20)14-8-10-16(11-9-14)34-13-15-12-21(24(28,29)30)31-32(15)23-18(26)5-2-6-19(23)27/h2-8,10-12,14,20,22H,9,13H2,1H3. The molecule has 34 heavy (non-hydrogen) atoms. The molecule has 180 valence electrons. The summed E-state index contributed by atoms with van der Waals surface area (Å²) in [5.41, 5.74) is -0.750. The predicted molar refractivity (Wildman–Crippen MR) is 126 cm³/mol. The normalized spacial score (nSPS) is 22.5. The highest BCUT2D eigenvalue weighted by atomic mass is 35.5. The summed E-state index contributed by atoms with van der Waals surface area (Å²) in [6.45, 7) is -0.168. The van der Waals surface area contributed by atoms with Gasteiger partial charge in [-0.1, -0.05) is 59.1 Å². The fourth-order valence-corrected chi connectivity index (χ4v) is 4.93. The first-order valence-corrected chi connectivity index (χ1v) is 11.5. The average Bonchev–Trinajstić information content (AvgIpc) is 3.22. The number of ether oxygens (including phenoxy) is 2. The van der Waals surface area contributed by atoms with Crippen LogP contribution in [0.2, 0.25) is 10.0 Å². The summed E-state index contributed by atoms with van der Waals surface area (Å²) in [5.74, 6) is 0.599. The minimum atomic E-state index is -4.63. The zero-order chi connectivity index (χ0) is 24.5. The molecule has 0 bridgehead atoms. The Kier molecular flexibility index (Phi) is 7.48. The Bertz CT molecular complexity index is 1160. The van der Waals surface area contributed by atoms with Crippen LogP contribution in [-0.2, 0) is 22.3 Å². The maximum atomic E-state index is 13.4. The van der Waals surface area contributed by atoms with E-state index in [1.807, 2.05) is 30.4 Å². The molecule has 4 rings (SSSR count). The fourth-order valence-electron chi connectivity index (χ4n) is 4.01. The minimum absolute atomic E-state index is 0.0242. The van der Waals surface area contributed by atoms with Gasteiger partial charge in [-0.05, 0) is 48.8 Å². The lowest BCUT2D eigenvalue weighted by Crippen LogP contribution is -2.29. The molecule has 0 saturated heterocycles. The van der Waals surface area contributed by atoms with E-state index in [0.29, 0.717) is 17.2 Å². The van der Waals surface area contributed by atoms with Gasteiger partial charge in [-0.3, -0.25) is 0 Å². The van der Waals surface area contributed by atoms with Crippen LogP contribution >= 0.6 is 34.8 Å². The molecule has 1 heterocycles. The number of benzene rings is 1. The fraction of sp³-hybridized carbons (Fsp3) is 0.292. The van der Waals surface area contributed by atoms with Gasteiger partial charge in [-0.15, -0.1) is 0 Å². The molecule has 4 nitrogen and oxygen atoms in total. The molecular formula is C24H20Cl3F3N2O2. The minimum Gasteiger partial charge on any atom is -0.488 e. The summed E-state index contributed by atoms with van der Waals surface area (Å²) < 4.78 is 52.5. The van der Waals surface area contributed by atoms with Crippen LogP contribution in [0.4, 0.5) is 13.2 Å². The number of rotatable bonds is 6. The number of nitrogens with zero attached hydrogens (tertiary/aromatic N) is 2. The van der Waals surface area contributed by atoms with Crippen LogP contribution in [0.25, 0.3) is 5.69 Å². The van der Waals surface area contributed by atoms with Crippen LogP contribution in [0, 0.1) is 11.8 Å². The molecule has 0 saturated carbocycles. The van der Waals surface area contributed by atoms with Crippen molar-refractivity contribution in [3.8, 4) is 5.69 Å². The molecule has 3 atom stereocenters. The van der Waals surface area contributed by atoms with Crippen LogP contribution in [-0.4, -0.2) is 23.0 Å². The van der Waals surface area contributed by atoms with E-state index in [4.69, 9.17) is 44.3 Å². The van der Waals surface area contributed by atoms with E-state index in [0.717, 1.165) is 10.7 Å². The number of allylic oxidation sites excluding steroid dienone is 5. The first-order valence-electron chi connectivity index (χ1n) is 10.4. The lowest BCUT2D eigenvalue weighted by atomic mass is 9.80. The molecule has 0 amide bonds. The van der Waals surface area contributed by atoms with Crippen molar-refractivity contribution < 1.29 is 22.6 Å². The third kappa shape index (κ3) is 5.23. The lowest BCUT2D eigenvalue weighted by molar-refractivity contribution is -0.141. The highest BCUT2D eigenvalue weighted by Crippen LogP contribution is 2.38. The largest absolute Gasteiger partial charge is 0.488 e. The molecule has 1 aromatic carbocycles. The van der Waals surface area contributed by atoms with Gasteiger partial charge in [-0.25, -0.2) is 4.68 Å². The highest BCUT2D eigenvalue weighted by Gasteiger charge is 2.36. The first kappa shape index (κ1) is 24.9. The quantitative estimate of drug-likeness (QED) is 0.387. The summed E-state index contributed by atoms with van der Waals surface area (Å²) in [6.07, 6.45) is 7.19. The summed E-state index contributed by atoms with van der Waals surface area (Å²) in [7, 11) is 1.64. The number of para-hydroxylation sites is 1. The van der Waals surface area contributed by atoms with E-state index in [-0.39, 0.29) is 46.0 Å². The molecule has 0 N–H and O–H groups in total. The second-order valence-corrected chi connectivity index (χ2v) is 9.07. The molecule has 0 spiro atoms. The van der Waals surface area contributed by atoms with Gasteiger partial charge in [0, 0.05) is 18.1 Å². The first-order chi connectivity index (χ1) is 16.2. The van der Waals surface area contributed by atoms with Gasteiger partial charge in [0.2, 0.25) is 0 Å². The van der Waals surface area contributed by atoms with Gasteiger partial charge in [0.05, 0.1) is 21.8 Å². The Labute approximate surface area is 209 Å². The van der Waals surface area contributed by atoms with Crippen LogP contribution in [0.5, 0.6) is 0 Å². The number of methoxy groups -OCH3 is 1. The predicted octanol–water partition coefficient (Wildman–Crippen LogP) is 7.50. The van der Waals surface area contributed by atoms with Gasteiger partial charge in [0.15, 0.2) is 5.69 Å². The SMILES string of the molecule is COC1C=CC=C(Cl)C1C1C=CC(OCc2cc(C(F)(F)F)nn2-c2c(Cl)cccc2Cl)=CC1. The van der Waals surface area contributed by atoms with Gasteiger partial charge in [0.25, 0.3) is 0 Å². The zero-order valence-corrected chi connectivity index (χ0v) is 20.2. The van der Waals surface area contributed by atoms with Crippen molar-refractivity contribution in [3.63, 3.8) is 0 Å². The van der Waals surface area contributed by atoms with Gasteiger partial charge >= 0.3 is 6.18 Å². The molecule has 0 aliphatic heterocycles. The van der Waals surface area contributed by atoms with E-state index < -0.39 is 11.9 Å². The summed E-state index contributed by atoms with van der Waals surface area (Å²) in [4.78, 5) is 0. The number of hydrogen-bond donors (Lipinski definition) is 0. The number of hydrogen-bond acceptors (Lipinski definition) is 3. The van der Waals surface area contributed by atoms with Crippen molar-refractivity contribution in [1.82, 2.24) is 9.78 Å². The number of alkyl halides is 3. The third-order valence-corrected chi connectivity index (χ3v) is 6.66. The molecule has 2 aliphatic rings. The van der Waals surface area contributed by atoms with Crippen LogP contribution < -0.4 is 0 Å². The van der Waals surface area contributed by atoms with Crippen molar-refractivity contribution in [1.29, 1.82) is 0 Å². The number of aromatic nitrogens is 2. The molecular weight excluding hydrogens is 512 g/mol. The molecule has 10 heteroatoms. The lowest BCUT2D eigenvalue weighted by Gasteiger charge is -2.32. The molecule has 2 aliphatic carbocycles. The van der Waals surface area contributed by atoms with Gasteiger partial charge in [0.1, 0.15) is 18.1 Å². The Morgan fingerprint density at radius 2 is 1.88 bits per heavy atom. The second-order valence-electron chi connectivity index (χ2n) is 7.82. The van der Waals surface area contributed by atoms with Crippen molar-refractivity contribution in [2.45, 2.75) is 25.3 Å². The molecule has 1 aromatic heterocycles. The zero-order valence-electron chi connectivity index (χ0n) is 17.9. The number of halogens is 6. The van der Waals surface area contributed by atoms with E-state index in [1.54, 1.807) is 19.3 Å². The molecule has 0 fully saturated rings. The van der Waals surface area contributed by atoms with Crippen molar-refractivity contribution >= 4 is 34.8 Å². The third-order valence-electron chi connectivity index (χ3n) is 5.67. The topological polar surface area (TPSA) is 36.3 Å². The van der Waals surface area contributed by atoms with E-state index in [9.17, 15) is 13.2 Å². The Balaban J connectivity index is 1.52. The Morgan fingerprint density at radius 1 is 1.15 bits per heavy atom. The second kappa shape index (κ2) is 10.2. The van der Waals surface area contributed by atoms with Crippen LogP contribution in [0.3, 0.4) is 0 Å². The van der Waals surface area contributed by atoms with Crippen molar-refractivity contribution in [2.24, 2.45) is 11.8 Å². The van der Waals surface area contributed by atoms with Gasteiger partial charge in [-0.2, -0.15) is 18.3 Å². The van der Waals surface area contributed by atoms with Crippen LogP contribution in [0.15, 0.2) is 71.5 Å². The van der Waals surface area contributed by atoms with E-state index >= 15 is 0 Å². The summed E-state index contributed by atoms with van der Waals surface area (Å²) in [6, 6.07) is 5.59. The molecule has 2 aromatic rings. The summed E-state index contributed by atoms with van der Waals surface area (Å²) >= 11 is 18.9. The van der Waals surface area contributed by atoms with E-state index in [1.165, 1.54) is 12.1 Å². The molecule has 0 radical (unpaired) electrons. The molecule has 3 unspecified atom stereocenters. The Hall–Kier alpha value is -2.19. The average molecular weight is 532 g/mol. The summed E-state index contributed by atoms with van der Waals surface area (Å²) in [5, 5.41) is 4.75. The van der Waals surface area contributed by atoms with Gasteiger partial charge < -0.3 is 9.47 Å². The van der Waals surface area contributed by atoms with Crippen LogP contribution in [0.1, 0.15) is 17.8 Å². The maximum absolute atomic E-state index is 13.4. The monoisotopic (exact) mass is 530 g/mol. The maximum Gasteiger partial charge on any atom is 0.435 e. The Morgan fingerprint density at radius 3 is 2.50 bits per heavy atom. The van der Waals surface area contributed by atoms with Crippen molar-refractivity contribution in [3.05, 3.63) is 92.9 Å². The smallest absolute Gasteiger partial charge is 0.435 e. The van der Waals surface area contributed by atoms with E-state index in [2.05, 4.69) is 5.10 Å². The highest BCUT2D eigenvalue weighted by molar-refractivity contribution is 6.37.